The number of carbonyl (C=O) groups is 2. The first kappa shape index (κ1) is 13.0. The SMILES string of the molecule is NC(=O)CNC(=O)CCc1ccc2ccccc2n1. The fourth-order valence-electron chi connectivity index (χ4n) is 1.76. The summed E-state index contributed by atoms with van der Waals surface area (Å²) in [5.74, 6) is -0.745. The molecule has 0 fully saturated rings. The molecule has 19 heavy (non-hydrogen) atoms. The lowest BCUT2D eigenvalue weighted by molar-refractivity contribution is -0.124. The van der Waals surface area contributed by atoms with Crippen LogP contribution in [0.5, 0.6) is 0 Å². The molecule has 0 radical (unpaired) electrons. The maximum Gasteiger partial charge on any atom is 0.236 e. The van der Waals surface area contributed by atoms with Gasteiger partial charge in [0.15, 0.2) is 0 Å². The van der Waals surface area contributed by atoms with Crippen LogP contribution in [-0.4, -0.2) is 23.3 Å². The van der Waals surface area contributed by atoms with E-state index in [9.17, 15) is 9.59 Å². The number of nitrogens with one attached hydrogen (secondary N) is 1. The number of aryl methyl sites for hydroxylation is 1. The smallest absolute Gasteiger partial charge is 0.236 e. The van der Waals surface area contributed by atoms with Gasteiger partial charge in [0.1, 0.15) is 0 Å². The third kappa shape index (κ3) is 3.77. The van der Waals surface area contributed by atoms with Crippen molar-refractivity contribution < 1.29 is 9.59 Å². The number of hydrogen-bond acceptors (Lipinski definition) is 3. The minimum atomic E-state index is -0.544. The summed E-state index contributed by atoms with van der Waals surface area (Å²) in [5.41, 5.74) is 6.71. The molecule has 0 aliphatic rings. The molecule has 0 unspecified atom stereocenters. The molecular weight excluding hydrogens is 242 g/mol. The molecule has 0 saturated carbocycles. The Morgan fingerprint density at radius 2 is 1.95 bits per heavy atom. The highest BCUT2D eigenvalue weighted by Gasteiger charge is 2.04. The minimum absolute atomic E-state index is 0.121. The highest BCUT2D eigenvalue weighted by Crippen LogP contribution is 2.12. The average molecular weight is 257 g/mol. The van der Waals surface area contributed by atoms with Crippen LogP contribution in [0.4, 0.5) is 0 Å². The third-order valence-electron chi connectivity index (χ3n) is 2.72. The first-order chi connectivity index (χ1) is 9.15. The molecule has 1 aromatic heterocycles. The Hall–Kier alpha value is -2.43. The number of rotatable bonds is 5. The number of benzene rings is 1. The number of aromatic nitrogens is 1. The van der Waals surface area contributed by atoms with Crippen LogP contribution in [-0.2, 0) is 16.0 Å². The van der Waals surface area contributed by atoms with E-state index in [-0.39, 0.29) is 12.5 Å². The number of primary amides is 1. The Morgan fingerprint density at radius 3 is 2.74 bits per heavy atom. The summed E-state index contributed by atoms with van der Waals surface area (Å²) in [6.07, 6.45) is 0.827. The first-order valence-electron chi connectivity index (χ1n) is 6.05. The molecule has 2 amide bonds. The molecule has 0 aliphatic heterocycles. The van der Waals surface area contributed by atoms with Crippen molar-refractivity contribution in [1.29, 1.82) is 0 Å². The lowest BCUT2D eigenvalue weighted by Crippen LogP contribution is -2.33. The molecule has 1 heterocycles. The molecule has 5 nitrogen and oxygen atoms in total. The van der Waals surface area contributed by atoms with Gasteiger partial charge < -0.3 is 11.1 Å². The summed E-state index contributed by atoms with van der Waals surface area (Å²) >= 11 is 0. The molecular formula is C14H15N3O2. The third-order valence-corrected chi connectivity index (χ3v) is 2.72. The van der Waals surface area contributed by atoms with Gasteiger partial charge in [-0.2, -0.15) is 0 Å². The van der Waals surface area contributed by atoms with Crippen molar-refractivity contribution in [3.63, 3.8) is 0 Å². The van der Waals surface area contributed by atoms with E-state index in [0.717, 1.165) is 16.6 Å². The Bertz CT molecular complexity index is 610. The van der Waals surface area contributed by atoms with Gasteiger partial charge in [0.2, 0.25) is 11.8 Å². The quantitative estimate of drug-likeness (QED) is 0.829. The van der Waals surface area contributed by atoms with Crippen molar-refractivity contribution >= 4 is 22.7 Å². The standard InChI is InChI=1S/C14H15N3O2/c15-13(18)9-16-14(19)8-7-11-6-5-10-3-1-2-4-12(10)17-11/h1-6H,7-9H2,(H2,15,18)(H,16,19). The summed E-state index contributed by atoms with van der Waals surface area (Å²) < 4.78 is 0. The van der Waals surface area contributed by atoms with Gasteiger partial charge in [0.25, 0.3) is 0 Å². The number of nitrogens with two attached hydrogens (primary N) is 1. The van der Waals surface area contributed by atoms with Gasteiger partial charge in [-0.15, -0.1) is 0 Å². The van der Waals surface area contributed by atoms with E-state index in [4.69, 9.17) is 5.73 Å². The summed E-state index contributed by atoms with van der Waals surface area (Å²) in [6, 6.07) is 11.7. The first-order valence-corrected chi connectivity index (χ1v) is 6.05. The van der Waals surface area contributed by atoms with Gasteiger partial charge in [-0.25, -0.2) is 0 Å². The van der Waals surface area contributed by atoms with Crippen molar-refractivity contribution in [2.24, 2.45) is 5.73 Å². The second-order valence-corrected chi connectivity index (χ2v) is 4.24. The van der Waals surface area contributed by atoms with E-state index in [0.29, 0.717) is 12.8 Å². The van der Waals surface area contributed by atoms with E-state index in [2.05, 4.69) is 10.3 Å². The maximum atomic E-state index is 11.4. The van der Waals surface area contributed by atoms with E-state index in [1.807, 2.05) is 36.4 Å². The predicted molar refractivity (Wildman–Crippen MR) is 72.3 cm³/mol. The zero-order valence-corrected chi connectivity index (χ0v) is 10.4. The number of amides is 2. The monoisotopic (exact) mass is 257 g/mol. The zero-order chi connectivity index (χ0) is 13.7. The van der Waals surface area contributed by atoms with Crippen molar-refractivity contribution in [2.45, 2.75) is 12.8 Å². The fraction of sp³-hybridized carbons (Fsp3) is 0.214. The van der Waals surface area contributed by atoms with Crippen LogP contribution in [0.3, 0.4) is 0 Å². The van der Waals surface area contributed by atoms with Gasteiger partial charge >= 0.3 is 0 Å². The van der Waals surface area contributed by atoms with Gasteiger partial charge in [0, 0.05) is 17.5 Å². The fourth-order valence-corrected chi connectivity index (χ4v) is 1.76. The molecule has 0 spiro atoms. The van der Waals surface area contributed by atoms with E-state index < -0.39 is 5.91 Å². The Kier molecular flexibility index (Phi) is 4.07. The van der Waals surface area contributed by atoms with Crippen LogP contribution in [0.1, 0.15) is 12.1 Å². The Balaban J connectivity index is 1.94. The van der Waals surface area contributed by atoms with Gasteiger partial charge in [0.05, 0.1) is 12.1 Å². The Morgan fingerprint density at radius 1 is 1.16 bits per heavy atom. The lowest BCUT2D eigenvalue weighted by atomic mass is 10.1. The summed E-state index contributed by atoms with van der Waals surface area (Å²) in [6.45, 7) is -0.121. The van der Waals surface area contributed by atoms with Crippen LogP contribution >= 0.6 is 0 Å². The molecule has 3 N–H and O–H groups in total. The normalized spacial score (nSPS) is 10.3. The molecule has 0 saturated heterocycles. The molecule has 0 aliphatic carbocycles. The number of carbonyl (C=O) groups excluding carboxylic acids is 2. The average Bonchev–Trinajstić information content (AvgIpc) is 2.42. The van der Waals surface area contributed by atoms with Crippen molar-refractivity contribution in [1.82, 2.24) is 10.3 Å². The molecule has 2 rings (SSSR count). The Labute approximate surface area is 110 Å². The molecule has 2 aromatic rings. The van der Waals surface area contributed by atoms with Crippen LogP contribution in [0.2, 0.25) is 0 Å². The largest absolute Gasteiger partial charge is 0.368 e. The van der Waals surface area contributed by atoms with E-state index in [1.54, 1.807) is 0 Å². The van der Waals surface area contributed by atoms with E-state index >= 15 is 0 Å². The lowest BCUT2D eigenvalue weighted by Gasteiger charge is -2.04. The van der Waals surface area contributed by atoms with E-state index in [1.165, 1.54) is 0 Å². The summed E-state index contributed by atoms with van der Waals surface area (Å²) in [5, 5.41) is 3.52. The number of para-hydroxylation sites is 1. The molecule has 98 valence electrons. The molecule has 0 atom stereocenters. The predicted octanol–water partition coefficient (Wildman–Crippen LogP) is 0.769. The highest BCUT2D eigenvalue weighted by molar-refractivity contribution is 5.83. The number of nitrogens with zero attached hydrogens (tertiary/aromatic N) is 1. The maximum absolute atomic E-state index is 11.4. The number of pyridine rings is 1. The van der Waals surface area contributed by atoms with Crippen LogP contribution in [0.15, 0.2) is 36.4 Å². The van der Waals surface area contributed by atoms with Crippen LogP contribution in [0.25, 0.3) is 10.9 Å². The molecule has 1 aromatic carbocycles. The van der Waals surface area contributed by atoms with Gasteiger partial charge in [-0.05, 0) is 18.6 Å². The second kappa shape index (κ2) is 5.95. The second-order valence-electron chi connectivity index (χ2n) is 4.24. The topological polar surface area (TPSA) is 85.1 Å². The summed E-state index contributed by atoms with van der Waals surface area (Å²) in [7, 11) is 0. The van der Waals surface area contributed by atoms with Gasteiger partial charge in [-0.1, -0.05) is 24.3 Å². The van der Waals surface area contributed by atoms with Crippen molar-refractivity contribution in [2.75, 3.05) is 6.54 Å². The zero-order valence-electron chi connectivity index (χ0n) is 10.4. The molecule has 0 bridgehead atoms. The van der Waals surface area contributed by atoms with Crippen molar-refractivity contribution in [3.8, 4) is 0 Å². The summed E-state index contributed by atoms with van der Waals surface area (Å²) in [4.78, 5) is 26.4. The van der Waals surface area contributed by atoms with Crippen molar-refractivity contribution in [3.05, 3.63) is 42.1 Å². The van der Waals surface area contributed by atoms with Gasteiger partial charge in [-0.3, -0.25) is 14.6 Å². The number of fused-ring (bicyclic) bond motifs is 1. The number of hydrogen-bond donors (Lipinski definition) is 2. The molecule has 5 heteroatoms. The minimum Gasteiger partial charge on any atom is -0.368 e. The van der Waals surface area contributed by atoms with Crippen LogP contribution < -0.4 is 11.1 Å². The van der Waals surface area contributed by atoms with Crippen LogP contribution in [0, 0.1) is 0 Å². The highest BCUT2D eigenvalue weighted by atomic mass is 16.2.